The molecule has 1 rings (SSSR count). The van der Waals surface area contributed by atoms with E-state index >= 15 is 0 Å². The number of hydrogen-bond donors (Lipinski definition) is 3. The monoisotopic (exact) mass is 280 g/mol. The first-order chi connectivity index (χ1) is 9.59. The number of rotatable bonds is 9. The van der Waals surface area contributed by atoms with E-state index in [0.29, 0.717) is 31.6 Å². The Balaban J connectivity index is 2.05. The SMILES string of the molecule is N[C@@H](CCCCNC(=O)COc1ccccc1)C(=O)O. The Bertz CT molecular complexity index is 422. The molecule has 1 aromatic carbocycles. The van der Waals surface area contributed by atoms with Crippen LogP contribution in [0, 0.1) is 0 Å². The van der Waals surface area contributed by atoms with Gasteiger partial charge in [0.05, 0.1) is 0 Å². The fourth-order valence-corrected chi connectivity index (χ4v) is 1.56. The van der Waals surface area contributed by atoms with Gasteiger partial charge in [0.25, 0.3) is 5.91 Å². The van der Waals surface area contributed by atoms with Crippen LogP contribution in [-0.2, 0) is 9.59 Å². The summed E-state index contributed by atoms with van der Waals surface area (Å²) in [5, 5.41) is 11.3. The number of unbranched alkanes of at least 4 members (excludes halogenated alkanes) is 1. The van der Waals surface area contributed by atoms with Gasteiger partial charge in [-0.25, -0.2) is 0 Å². The summed E-state index contributed by atoms with van der Waals surface area (Å²) in [6.45, 7) is 0.460. The number of nitrogens with two attached hydrogens (primary N) is 1. The van der Waals surface area contributed by atoms with Crippen molar-refractivity contribution in [1.82, 2.24) is 5.32 Å². The Morgan fingerprint density at radius 2 is 1.95 bits per heavy atom. The van der Waals surface area contributed by atoms with E-state index in [9.17, 15) is 9.59 Å². The molecule has 6 nitrogen and oxygen atoms in total. The first-order valence-electron chi connectivity index (χ1n) is 6.52. The van der Waals surface area contributed by atoms with E-state index in [2.05, 4.69) is 5.32 Å². The highest BCUT2D eigenvalue weighted by Crippen LogP contribution is 2.07. The molecule has 0 radical (unpaired) electrons. The molecule has 0 aromatic heterocycles. The van der Waals surface area contributed by atoms with E-state index in [1.807, 2.05) is 18.2 Å². The fraction of sp³-hybridized carbons (Fsp3) is 0.429. The molecule has 0 saturated carbocycles. The molecule has 4 N–H and O–H groups in total. The Kier molecular flexibility index (Phi) is 7.13. The summed E-state index contributed by atoms with van der Waals surface area (Å²) in [4.78, 5) is 21.9. The van der Waals surface area contributed by atoms with Crippen LogP contribution in [0.5, 0.6) is 5.75 Å². The van der Waals surface area contributed by atoms with Gasteiger partial charge in [0.1, 0.15) is 11.8 Å². The van der Waals surface area contributed by atoms with Crippen molar-refractivity contribution in [2.45, 2.75) is 25.3 Å². The zero-order valence-electron chi connectivity index (χ0n) is 11.2. The van der Waals surface area contributed by atoms with E-state index in [0.717, 1.165) is 0 Å². The van der Waals surface area contributed by atoms with Crippen molar-refractivity contribution >= 4 is 11.9 Å². The molecule has 0 fully saturated rings. The molecule has 0 aliphatic heterocycles. The third-order valence-corrected chi connectivity index (χ3v) is 2.69. The first kappa shape index (κ1) is 16.0. The predicted molar refractivity (Wildman–Crippen MR) is 74.4 cm³/mol. The van der Waals surface area contributed by atoms with Crippen molar-refractivity contribution in [2.24, 2.45) is 5.73 Å². The number of carbonyl (C=O) groups excluding carboxylic acids is 1. The van der Waals surface area contributed by atoms with Crippen LogP contribution in [0.15, 0.2) is 30.3 Å². The molecular formula is C14H20N2O4. The van der Waals surface area contributed by atoms with Crippen LogP contribution in [0.1, 0.15) is 19.3 Å². The molecule has 0 aliphatic rings. The van der Waals surface area contributed by atoms with Gasteiger partial charge >= 0.3 is 5.97 Å². The largest absolute Gasteiger partial charge is 0.484 e. The van der Waals surface area contributed by atoms with E-state index < -0.39 is 12.0 Å². The second-order valence-corrected chi connectivity index (χ2v) is 4.39. The van der Waals surface area contributed by atoms with Crippen molar-refractivity contribution in [1.29, 1.82) is 0 Å². The van der Waals surface area contributed by atoms with Crippen LogP contribution < -0.4 is 15.8 Å². The van der Waals surface area contributed by atoms with Crippen molar-refractivity contribution in [3.63, 3.8) is 0 Å². The molecule has 0 spiro atoms. The second kappa shape index (κ2) is 8.92. The average Bonchev–Trinajstić information content (AvgIpc) is 2.45. The van der Waals surface area contributed by atoms with Gasteiger partial charge in [-0.05, 0) is 31.4 Å². The Morgan fingerprint density at radius 3 is 2.60 bits per heavy atom. The molecule has 0 saturated heterocycles. The molecule has 1 amide bonds. The Labute approximate surface area is 117 Å². The molecule has 0 bridgehead atoms. The smallest absolute Gasteiger partial charge is 0.320 e. The molecule has 20 heavy (non-hydrogen) atoms. The van der Waals surface area contributed by atoms with Gasteiger partial charge in [0.15, 0.2) is 6.61 Å². The summed E-state index contributed by atoms with van der Waals surface area (Å²) in [5.41, 5.74) is 5.36. The van der Waals surface area contributed by atoms with Crippen LogP contribution in [0.3, 0.4) is 0 Å². The molecular weight excluding hydrogens is 260 g/mol. The molecule has 1 aromatic rings. The fourth-order valence-electron chi connectivity index (χ4n) is 1.56. The lowest BCUT2D eigenvalue weighted by Crippen LogP contribution is -2.31. The van der Waals surface area contributed by atoms with Crippen LogP contribution in [0.4, 0.5) is 0 Å². The number of carboxylic acid groups (broad SMARTS) is 1. The predicted octanol–water partition coefficient (Wildman–Crippen LogP) is 0.764. The summed E-state index contributed by atoms with van der Waals surface area (Å²) in [7, 11) is 0. The van der Waals surface area contributed by atoms with Gasteiger partial charge in [0.2, 0.25) is 0 Å². The first-order valence-corrected chi connectivity index (χ1v) is 6.52. The van der Waals surface area contributed by atoms with Crippen molar-refractivity contribution in [3.8, 4) is 5.75 Å². The van der Waals surface area contributed by atoms with Gasteiger partial charge in [-0.2, -0.15) is 0 Å². The summed E-state index contributed by atoms with van der Waals surface area (Å²) < 4.78 is 5.28. The Hall–Kier alpha value is -2.08. The zero-order valence-corrected chi connectivity index (χ0v) is 11.2. The highest BCUT2D eigenvalue weighted by atomic mass is 16.5. The highest BCUT2D eigenvalue weighted by Gasteiger charge is 2.10. The lowest BCUT2D eigenvalue weighted by Gasteiger charge is -2.08. The molecule has 0 heterocycles. The van der Waals surface area contributed by atoms with Crippen LogP contribution in [0.25, 0.3) is 0 Å². The number of para-hydroxylation sites is 1. The molecule has 1 atom stereocenters. The maximum absolute atomic E-state index is 11.5. The number of carboxylic acids is 1. The van der Waals surface area contributed by atoms with Crippen LogP contribution in [-0.4, -0.2) is 36.2 Å². The summed E-state index contributed by atoms with van der Waals surface area (Å²) in [5.74, 6) is -0.545. The molecule has 0 unspecified atom stereocenters. The molecule has 6 heteroatoms. The number of aliphatic carboxylic acids is 1. The van der Waals surface area contributed by atoms with E-state index in [1.54, 1.807) is 12.1 Å². The number of nitrogens with one attached hydrogen (secondary N) is 1. The summed E-state index contributed by atoms with van der Waals surface area (Å²) in [6, 6.07) is 8.26. The van der Waals surface area contributed by atoms with E-state index in [-0.39, 0.29) is 12.5 Å². The van der Waals surface area contributed by atoms with Crippen molar-refractivity contribution in [3.05, 3.63) is 30.3 Å². The van der Waals surface area contributed by atoms with Crippen molar-refractivity contribution < 1.29 is 19.4 Å². The maximum Gasteiger partial charge on any atom is 0.320 e. The number of benzene rings is 1. The lowest BCUT2D eigenvalue weighted by atomic mass is 10.1. The van der Waals surface area contributed by atoms with Gasteiger partial charge in [-0.15, -0.1) is 0 Å². The number of ether oxygens (including phenoxy) is 1. The zero-order chi connectivity index (χ0) is 14.8. The van der Waals surface area contributed by atoms with Gasteiger partial charge in [0, 0.05) is 6.54 Å². The van der Waals surface area contributed by atoms with Crippen molar-refractivity contribution in [2.75, 3.05) is 13.2 Å². The number of carbonyl (C=O) groups is 2. The minimum Gasteiger partial charge on any atom is -0.484 e. The highest BCUT2D eigenvalue weighted by molar-refractivity contribution is 5.77. The minimum absolute atomic E-state index is 0.0291. The average molecular weight is 280 g/mol. The number of hydrogen-bond acceptors (Lipinski definition) is 4. The summed E-state index contributed by atoms with van der Waals surface area (Å²) in [6.07, 6.45) is 1.76. The van der Waals surface area contributed by atoms with Gasteiger partial charge in [-0.1, -0.05) is 18.2 Å². The third-order valence-electron chi connectivity index (χ3n) is 2.69. The van der Waals surface area contributed by atoms with E-state index in [1.165, 1.54) is 0 Å². The maximum atomic E-state index is 11.5. The van der Waals surface area contributed by atoms with E-state index in [4.69, 9.17) is 15.6 Å². The minimum atomic E-state index is -0.995. The third kappa shape index (κ3) is 6.75. The second-order valence-electron chi connectivity index (χ2n) is 4.39. The lowest BCUT2D eigenvalue weighted by molar-refractivity contribution is -0.138. The summed E-state index contributed by atoms with van der Waals surface area (Å²) >= 11 is 0. The molecule has 110 valence electrons. The van der Waals surface area contributed by atoms with Crippen LogP contribution >= 0.6 is 0 Å². The normalized spacial score (nSPS) is 11.7. The molecule has 0 aliphatic carbocycles. The Morgan fingerprint density at radius 1 is 1.25 bits per heavy atom. The number of amides is 1. The topological polar surface area (TPSA) is 102 Å². The van der Waals surface area contributed by atoms with Crippen LogP contribution in [0.2, 0.25) is 0 Å². The van der Waals surface area contributed by atoms with Gasteiger partial charge in [-0.3, -0.25) is 9.59 Å². The standard InChI is InChI=1S/C14H20N2O4/c15-12(14(18)19)8-4-5-9-16-13(17)10-20-11-6-2-1-3-7-11/h1-3,6-7,12H,4-5,8-10,15H2,(H,16,17)(H,18,19)/t12-/m0/s1. The van der Waals surface area contributed by atoms with Gasteiger partial charge < -0.3 is 20.9 Å². The quantitative estimate of drug-likeness (QED) is 0.580.